The predicted molar refractivity (Wildman–Crippen MR) is 83.9 cm³/mol. The van der Waals surface area contributed by atoms with Crippen molar-refractivity contribution in [2.75, 3.05) is 31.2 Å². The van der Waals surface area contributed by atoms with Crippen LogP contribution in [-0.2, 0) is 4.74 Å². The van der Waals surface area contributed by atoms with Gasteiger partial charge in [-0.1, -0.05) is 0 Å². The molecule has 2 N–H and O–H groups in total. The highest BCUT2D eigenvalue weighted by atomic mass is 16.5. The molecule has 0 bridgehead atoms. The minimum atomic E-state index is 0.612. The Morgan fingerprint density at radius 3 is 2.68 bits per heavy atom. The minimum absolute atomic E-state index is 0.612. The van der Waals surface area contributed by atoms with Gasteiger partial charge in [-0.15, -0.1) is 0 Å². The lowest BCUT2D eigenvalue weighted by Gasteiger charge is -2.36. The molecule has 0 unspecified atom stereocenters. The predicted octanol–water partition coefficient (Wildman–Crippen LogP) is 1.09. The molecule has 2 aromatic heterocycles. The van der Waals surface area contributed by atoms with Gasteiger partial charge in [-0.3, -0.25) is 5.10 Å². The molecule has 2 aromatic rings. The molecule has 0 spiro atoms. The summed E-state index contributed by atoms with van der Waals surface area (Å²) in [4.78, 5) is 11.0. The van der Waals surface area contributed by atoms with E-state index in [0.717, 1.165) is 68.8 Å². The second-order valence-electron chi connectivity index (χ2n) is 6.14. The average molecular weight is 302 g/mol. The highest BCUT2D eigenvalue weighted by molar-refractivity contribution is 5.86. The van der Waals surface area contributed by atoms with E-state index in [2.05, 4.69) is 30.4 Å². The van der Waals surface area contributed by atoms with Gasteiger partial charge < -0.3 is 15.0 Å². The van der Waals surface area contributed by atoms with Gasteiger partial charge in [0.15, 0.2) is 5.65 Å². The molecule has 2 aliphatic rings. The molecule has 2 aliphatic heterocycles. The molecule has 0 amide bonds. The van der Waals surface area contributed by atoms with Crippen molar-refractivity contribution in [3.05, 3.63) is 12.5 Å². The largest absolute Gasteiger partial charge is 0.381 e. The number of hydrogen-bond donors (Lipinski definition) is 2. The van der Waals surface area contributed by atoms with Crippen molar-refractivity contribution in [2.45, 2.75) is 37.8 Å². The number of rotatable bonds is 3. The van der Waals surface area contributed by atoms with Gasteiger partial charge in [0.25, 0.3) is 0 Å². The smallest absolute Gasteiger partial charge is 0.160 e. The quantitative estimate of drug-likeness (QED) is 0.883. The van der Waals surface area contributed by atoms with Gasteiger partial charge in [-0.2, -0.15) is 5.10 Å². The van der Waals surface area contributed by atoms with Crippen LogP contribution >= 0.6 is 0 Å². The van der Waals surface area contributed by atoms with Gasteiger partial charge in [-0.25, -0.2) is 9.97 Å². The maximum atomic E-state index is 5.43. The Kier molecular flexibility index (Phi) is 3.90. The van der Waals surface area contributed by atoms with Crippen LogP contribution in [0.2, 0.25) is 0 Å². The van der Waals surface area contributed by atoms with Crippen LogP contribution in [0.3, 0.4) is 0 Å². The van der Waals surface area contributed by atoms with Gasteiger partial charge in [0, 0.05) is 38.4 Å². The fourth-order valence-corrected chi connectivity index (χ4v) is 3.46. The van der Waals surface area contributed by atoms with Crippen molar-refractivity contribution in [1.82, 2.24) is 25.5 Å². The van der Waals surface area contributed by atoms with E-state index in [9.17, 15) is 0 Å². The summed E-state index contributed by atoms with van der Waals surface area (Å²) in [6.45, 7) is 3.85. The van der Waals surface area contributed by atoms with Crippen molar-refractivity contribution in [3.8, 4) is 0 Å². The highest BCUT2D eigenvalue weighted by Gasteiger charge is 2.24. The average Bonchev–Trinajstić information content (AvgIpc) is 3.05. The van der Waals surface area contributed by atoms with Crippen LogP contribution in [0.1, 0.15) is 25.7 Å². The van der Waals surface area contributed by atoms with E-state index in [4.69, 9.17) is 4.74 Å². The summed E-state index contributed by atoms with van der Waals surface area (Å²) in [7, 11) is 0. The van der Waals surface area contributed by atoms with Crippen LogP contribution in [-0.4, -0.2) is 58.6 Å². The van der Waals surface area contributed by atoms with Crippen LogP contribution in [0.15, 0.2) is 12.5 Å². The lowest BCUT2D eigenvalue weighted by atomic mass is 10.0. The lowest BCUT2D eigenvalue weighted by molar-refractivity contribution is 0.0738. The molecule has 4 rings (SSSR count). The SMILES string of the molecule is c1nc(N2CCC(NC3CCOCC3)CC2)c2cn[nH]c2n1. The summed E-state index contributed by atoms with van der Waals surface area (Å²) < 4.78 is 5.43. The first-order chi connectivity index (χ1) is 10.9. The monoisotopic (exact) mass is 302 g/mol. The van der Waals surface area contributed by atoms with E-state index >= 15 is 0 Å². The third kappa shape index (κ3) is 2.78. The number of aromatic amines is 1. The van der Waals surface area contributed by atoms with Crippen LogP contribution in [0.5, 0.6) is 0 Å². The Bertz CT molecular complexity index is 615. The highest BCUT2D eigenvalue weighted by Crippen LogP contribution is 2.24. The van der Waals surface area contributed by atoms with E-state index in [-0.39, 0.29) is 0 Å². The van der Waals surface area contributed by atoms with E-state index in [1.165, 1.54) is 0 Å². The molecule has 4 heterocycles. The fourth-order valence-electron chi connectivity index (χ4n) is 3.46. The number of nitrogens with zero attached hydrogens (tertiary/aromatic N) is 4. The maximum absolute atomic E-state index is 5.43. The third-order valence-corrected chi connectivity index (χ3v) is 4.71. The van der Waals surface area contributed by atoms with E-state index in [1.807, 2.05) is 6.20 Å². The number of aromatic nitrogens is 4. The number of ether oxygens (including phenoxy) is 1. The summed E-state index contributed by atoms with van der Waals surface area (Å²) in [5, 5.41) is 11.8. The molecule has 0 saturated carbocycles. The third-order valence-electron chi connectivity index (χ3n) is 4.71. The zero-order chi connectivity index (χ0) is 14.8. The van der Waals surface area contributed by atoms with Gasteiger partial charge in [0.2, 0.25) is 0 Å². The Morgan fingerprint density at radius 1 is 1.09 bits per heavy atom. The molecule has 0 aromatic carbocycles. The summed E-state index contributed by atoms with van der Waals surface area (Å²) >= 11 is 0. The van der Waals surface area contributed by atoms with E-state index in [0.29, 0.717) is 12.1 Å². The Labute approximate surface area is 129 Å². The van der Waals surface area contributed by atoms with Crippen LogP contribution in [0.4, 0.5) is 5.82 Å². The normalized spacial score (nSPS) is 21.5. The summed E-state index contributed by atoms with van der Waals surface area (Å²) in [5.74, 6) is 1.00. The van der Waals surface area contributed by atoms with Crippen LogP contribution < -0.4 is 10.2 Å². The van der Waals surface area contributed by atoms with Crippen molar-refractivity contribution in [1.29, 1.82) is 0 Å². The van der Waals surface area contributed by atoms with E-state index < -0.39 is 0 Å². The Morgan fingerprint density at radius 2 is 1.86 bits per heavy atom. The van der Waals surface area contributed by atoms with Gasteiger partial charge in [0.05, 0.1) is 11.6 Å². The molecule has 2 saturated heterocycles. The van der Waals surface area contributed by atoms with Gasteiger partial charge >= 0.3 is 0 Å². The minimum Gasteiger partial charge on any atom is -0.381 e. The molecule has 7 nitrogen and oxygen atoms in total. The summed E-state index contributed by atoms with van der Waals surface area (Å²) in [5.41, 5.74) is 0.812. The van der Waals surface area contributed by atoms with E-state index in [1.54, 1.807) is 6.33 Å². The first-order valence-electron chi connectivity index (χ1n) is 8.13. The molecular formula is C15H22N6O. The van der Waals surface area contributed by atoms with Gasteiger partial charge in [-0.05, 0) is 25.7 Å². The summed E-state index contributed by atoms with van der Waals surface area (Å²) in [6, 6.07) is 1.24. The summed E-state index contributed by atoms with van der Waals surface area (Å²) in [6.07, 6.45) is 8.02. The maximum Gasteiger partial charge on any atom is 0.160 e. The lowest BCUT2D eigenvalue weighted by Crippen LogP contribution is -2.47. The van der Waals surface area contributed by atoms with Crippen molar-refractivity contribution < 1.29 is 4.74 Å². The molecule has 0 atom stereocenters. The molecule has 0 radical (unpaired) electrons. The van der Waals surface area contributed by atoms with Crippen molar-refractivity contribution in [2.24, 2.45) is 0 Å². The Hall–Kier alpha value is -1.73. The topological polar surface area (TPSA) is 79.0 Å². The fraction of sp³-hybridized carbons (Fsp3) is 0.667. The van der Waals surface area contributed by atoms with Crippen molar-refractivity contribution >= 4 is 16.9 Å². The molecule has 0 aliphatic carbocycles. The Balaban J connectivity index is 1.38. The number of hydrogen-bond acceptors (Lipinski definition) is 6. The molecule has 7 heteroatoms. The number of anilines is 1. The second kappa shape index (κ2) is 6.18. The van der Waals surface area contributed by atoms with Crippen LogP contribution in [0, 0.1) is 0 Å². The number of nitrogens with one attached hydrogen (secondary N) is 2. The number of H-pyrrole nitrogens is 1. The molecular weight excluding hydrogens is 280 g/mol. The first kappa shape index (κ1) is 13.9. The van der Waals surface area contributed by atoms with Crippen molar-refractivity contribution in [3.63, 3.8) is 0 Å². The second-order valence-corrected chi connectivity index (χ2v) is 6.14. The number of piperidine rings is 1. The van der Waals surface area contributed by atoms with Crippen LogP contribution in [0.25, 0.3) is 11.0 Å². The first-order valence-corrected chi connectivity index (χ1v) is 8.13. The number of fused-ring (bicyclic) bond motifs is 1. The zero-order valence-corrected chi connectivity index (χ0v) is 12.7. The molecule has 2 fully saturated rings. The zero-order valence-electron chi connectivity index (χ0n) is 12.7. The van der Waals surface area contributed by atoms with Gasteiger partial charge in [0.1, 0.15) is 12.1 Å². The standard InChI is InChI=1S/C15H22N6O/c1-5-21(15-13-9-18-20-14(13)16-10-17-15)6-2-11(1)19-12-3-7-22-8-4-12/h9-12,19H,1-8H2,(H,16,17,18,20). The molecule has 118 valence electrons. The molecule has 22 heavy (non-hydrogen) atoms.